The molecule has 1 aromatic rings. The molecule has 0 bridgehead atoms. The molecule has 2 rings (SSSR count). The van der Waals surface area contributed by atoms with Crippen molar-refractivity contribution in [1.82, 2.24) is 15.2 Å². The summed E-state index contributed by atoms with van der Waals surface area (Å²) in [4.78, 5) is 6.38. The maximum absolute atomic E-state index is 11.6. The van der Waals surface area contributed by atoms with Gasteiger partial charge in [-0.15, -0.1) is 5.10 Å². The molecular formula is C13H23N5O2S. The van der Waals surface area contributed by atoms with Crippen LogP contribution in [0, 0.1) is 5.92 Å². The first-order valence-electron chi connectivity index (χ1n) is 7.32. The van der Waals surface area contributed by atoms with Crippen LogP contribution in [0.1, 0.15) is 27.2 Å². The zero-order chi connectivity index (χ0) is 15.5. The molecule has 0 aromatic carbocycles. The van der Waals surface area contributed by atoms with E-state index < -0.39 is 9.84 Å². The summed E-state index contributed by atoms with van der Waals surface area (Å²) >= 11 is 0. The Morgan fingerprint density at radius 3 is 2.81 bits per heavy atom. The van der Waals surface area contributed by atoms with Gasteiger partial charge in [0, 0.05) is 19.1 Å². The monoisotopic (exact) mass is 313 g/mol. The molecule has 8 heteroatoms. The van der Waals surface area contributed by atoms with Gasteiger partial charge in [0.15, 0.2) is 15.7 Å². The highest BCUT2D eigenvalue weighted by Crippen LogP contribution is 2.21. The topological polar surface area (TPSA) is 88.1 Å². The number of nitrogens with zero attached hydrogens (tertiary/aromatic N) is 4. The lowest BCUT2D eigenvalue weighted by molar-refractivity contribution is 0.598. The average molecular weight is 313 g/mol. The molecule has 0 radical (unpaired) electrons. The summed E-state index contributed by atoms with van der Waals surface area (Å²) in [5.74, 6) is 2.09. The number of anilines is 2. The van der Waals surface area contributed by atoms with Gasteiger partial charge in [0.1, 0.15) is 0 Å². The summed E-state index contributed by atoms with van der Waals surface area (Å²) in [6, 6.07) is -0.0536. The van der Waals surface area contributed by atoms with Crippen molar-refractivity contribution in [2.24, 2.45) is 5.92 Å². The Kier molecular flexibility index (Phi) is 4.97. The van der Waals surface area contributed by atoms with Gasteiger partial charge in [-0.25, -0.2) is 8.42 Å². The normalized spacial score (nSPS) is 20.7. The molecule has 21 heavy (non-hydrogen) atoms. The van der Waals surface area contributed by atoms with Gasteiger partial charge in [-0.1, -0.05) is 13.8 Å². The molecule has 0 amide bonds. The minimum absolute atomic E-state index is 0.0536. The predicted octanol–water partition coefficient (Wildman–Crippen LogP) is 0.953. The Morgan fingerprint density at radius 1 is 1.48 bits per heavy atom. The third kappa shape index (κ3) is 4.26. The lowest BCUT2D eigenvalue weighted by atomic mass is 10.2. The summed E-state index contributed by atoms with van der Waals surface area (Å²) in [5.41, 5.74) is 0. The molecule has 0 saturated carbocycles. The van der Waals surface area contributed by atoms with Crippen LogP contribution in [0.25, 0.3) is 0 Å². The van der Waals surface area contributed by atoms with Crippen LogP contribution in [-0.4, -0.2) is 54.2 Å². The van der Waals surface area contributed by atoms with Crippen molar-refractivity contribution in [1.29, 1.82) is 0 Å². The van der Waals surface area contributed by atoms with Crippen molar-refractivity contribution in [3.05, 3.63) is 6.20 Å². The average Bonchev–Trinajstić information content (AvgIpc) is 2.78. The number of nitrogens with one attached hydrogen (secondary N) is 1. The molecule has 1 unspecified atom stereocenters. The van der Waals surface area contributed by atoms with E-state index in [4.69, 9.17) is 0 Å². The fourth-order valence-corrected chi connectivity index (χ4v) is 4.12. The highest BCUT2D eigenvalue weighted by Gasteiger charge is 2.33. The van der Waals surface area contributed by atoms with Crippen molar-refractivity contribution in [2.75, 3.05) is 34.8 Å². The molecule has 118 valence electrons. The SMILES string of the molecule is CCN(c1nncc(NCC(C)C)n1)C1CCS(=O)(=O)C1. The largest absolute Gasteiger partial charge is 0.368 e. The predicted molar refractivity (Wildman–Crippen MR) is 83.2 cm³/mol. The van der Waals surface area contributed by atoms with Crippen LogP contribution >= 0.6 is 0 Å². The van der Waals surface area contributed by atoms with Gasteiger partial charge in [-0.05, 0) is 19.3 Å². The first-order valence-corrected chi connectivity index (χ1v) is 9.14. The molecule has 1 atom stereocenters. The zero-order valence-electron chi connectivity index (χ0n) is 12.8. The van der Waals surface area contributed by atoms with Gasteiger partial charge in [0.25, 0.3) is 0 Å². The van der Waals surface area contributed by atoms with Crippen LogP contribution < -0.4 is 10.2 Å². The molecule has 7 nitrogen and oxygen atoms in total. The van der Waals surface area contributed by atoms with Gasteiger partial charge in [-0.3, -0.25) is 0 Å². The Labute approximate surface area is 126 Å². The first kappa shape index (κ1) is 15.9. The maximum atomic E-state index is 11.6. The summed E-state index contributed by atoms with van der Waals surface area (Å²) < 4.78 is 23.3. The van der Waals surface area contributed by atoms with Crippen LogP contribution in [0.15, 0.2) is 6.20 Å². The minimum Gasteiger partial charge on any atom is -0.368 e. The van der Waals surface area contributed by atoms with E-state index in [-0.39, 0.29) is 17.5 Å². The summed E-state index contributed by atoms with van der Waals surface area (Å²) in [5, 5.41) is 11.2. The molecule has 1 aliphatic rings. The van der Waals surface area contributed by atoms with E-state index in [2.05, 4.69) is 34.3 Å². The van der Waals surface area contributed by atoms with E-state index in [0.29, 0.717) is 30.6 Å². The van der Waals surface area contributed by atoms with Crippen molar-refractivity contribution >= 4 is 21.6 Å². The highest BCUT2D eigenvalue weighted by molar-refractivity contribution is 7.91. The Balaban J connectivity index is 2.13. The molecular weight excluding hydrogens is 290 g/mol. The fraction of sp³-hybridized carbons (Fsp3) is 0.769. The van der Waals surface area contributed by atoms with E-state index in [1.165, 1.54) is 0 Å². The zero-order valence-corrected chi connectivity index (χ0v) is 13.6. The van der Waals surface area contributed by atoms with Crippen molar-refractivity contribution < 1.29 is 8.42 Å². The molecule has 1 N–H and O–H groups in total. The molecule has 0 spiro atoms. The minimum atomic E-state index is -2.92. The van der Waals surface area contributed by atoms with Crippen LogP contribution in [0.4, 0.5) is 11.8 Å². The number of sulfone groups is 1. The quantitative estimate of drug-likeness (QED) is 0.836. The van der Waals surface area contributed by atoms with E-state index in [1.807, 2.05) is 11.8 Å². The van der Waals surface area contributed by atoms with Gasteiger partial charge in [0.05, 0.1) is 17.7 Å². The summed E-state index contributed by atoms with van der Waals surface area (Å²) in [6.45, 7) is 7.68. The second kappa shape index (κ2) is 6.55. The van der Waals surface area contributed by atoms with E-state index in [9.17, 15) is 8.42 Å². The first-order chi connectivity index (χ1) is 9.91. The highest BCUT2D eigenvalue weighted by atomic mass is 32.2. The maximum Gasteiger partial charge on any atom is 0.247 e. The van der Waals surface area contributed by atoms with E-state index in [1.54, 1.807) is 6.20 Å². The van der Waals surface area contributed by atoms with Crippen LogP contribution in [-0.2, 0) is 9.84 Å². The van der Waals surface area contributed by atoms with Gasteiger partial charge < -0.3 is 10.2 Å². The standard InChI is InChI=1S/C13H23N5O2S/c1-4-18(11-5-6-21(19,20)9-11)13-16-12(8-15-17-13)14-7-10(2)3/h8,10-11H,4-7,9H2,1-3H3,(H,14,16,17). The Morgan fingerprint density at radius 2 is 2.24 bits per heavy atom. The van der Waals surface area contributed by atoms with Crippen LogP contribution in [0.5, 0.6) is 0 Å². The summed E-state index contributed by atoms with van der Waals surface area (Å²) in [6.07, 6.45) is 2.22. The van der Waals surface area contributed by atoms with Crippen LogP contribution in [0.2, 0.25) is 0 Å². The summed E-state index contributed by atoms with van der Waals surface area (Å²) in [7, 11) is -2.92. The van der Waals surface area contributed by atoms with Gasteiger partial charge in [-0.2, -0.15) is 10.1 Å². The fourth-order valence-electron chi connectivity index (χ4n) is 2.39. The van der Waals surface area contributed by atoms with Gasteiger partial charge >= 0.3 is 0 Å². The number of hydrogen-bond donors (Lipinski definition) is 1. The second-order valence-electron chi connectivity index (χ2n) is 5.76. The van der Waals surface area contributed by atoms with Crippen molar-refractivity contribution in [3.8, 4) is 0 Å². The van der Waals surface area contributed by atoms with Crippen molar-refractivity contribution in [2.45, 2.75) is 33.2 Å². The number of aromatic nitrogens is 3. The lowest BCUT2D eigenvalue weighted by Gasteiger charge is -2.26. The number of hydrogen-bond acceptors (Lipinski definition) is 7. The molecule has 1 fully saturated rings. The smallest absolute Gasteiger partial charge is 0.247 e. The lowest BCUT2D eigenvalue weighted by Crippen LogP contribution is -2.37. The van der Waals surface area contributed by atoms with Gasteiger partial charge in [0.2, 0.25) is 5.95 Å². The second-order valence-corrected chi connectivity index (χ2v) is 7.99. The number of rotatable bonds is 6. The third-order valence-electron chi connectivity index (χ3n) is 3.49. The van der Waals surface area contributed by atoms with E-state index in [0.717, 1.165) is 6.54 Å². The third-order valence-corrected chi connectivity index (χ3v) is 5.24. The molecule has 0 aliphatic carbocycles. The Hall–Kier alpha value is -1.44. The molecule has 1 aromatic heterocycles. The molecule has 1 aliphatic heterocycles. The van der Waals surface area contributed by atoms with E-state index >= 15 is 0 Å². The van der Waals surface area contributed by atoms with Crippen molar-refractivity contribution in [3.63, 3.8) is 0 Å². The molecule has 1 saturated heterocycles. The van der Waals surface area contributed by atoms with Crippen LogP contribution in [0.3, 0.4) is 0 Å². The molecule has 2 heterocycles. The Bertz CT molecular complexity index is 576.